The summed E-state index contributed by atoms with van der Waals surface area (Å²) in [5.41, 5.74) is 2.31. The second-order valence-corrected chi connectivity index (χ2v) is 10.8. The lowest BCUT2D eigenvalue weighted by Crippen LogP contribution is -2.16. The summed E-state index contributed by atoms with van der Waals surface area (Å²) in [6, 6.07) is 5.25. The van der Waals surface area contributed by atoms with E-state index < -0.39 is 5.97 Å². The summed E-state index contributed by atoms with van der Waals surface area (Å²) in [6.45, 7) is 0. The number of aromatic nitrogens is 3. The molecule has 1 aliphatic rings. The van der Waals surface area contributed by atoms with E-state index in [2.05, 4.69) is 15.5 Å². The molecule has 0 bridgehead atoms. The Balaban J connectivity index is 1.47. The van der Waals surface area contributed by atoms with Crippen LogP contribution in [0.1, 0.15) is 46.5 Å². The Morgan fingerprint density at radius 3 is 2.65 bits per heavy atom. The first-order valence-corrected chi connectivity index (χ1v) is 13.4. The van der Waals surface area contributed by atoms with E-state index in [9.17, 15) is 9.59 Å². The third-order valence-corrected chi connectivity index (χ3v) is 8.63. The highest BCUT2D eigenvalue weighted by Gasteiger charge is 2.26. The van der Waals surface area contributed by atoms with Crippen LogP contribution in [0.15, 0.2) is 23.4 Å². The number of rotatable bonds is 6. The van der Waals surface area contributed by atoms with Crippen molar-refractivity contribution in [2.45, 2.75) is 43.7 Å². The summed E-state index contributed by atoms with van der Waals surface area (Å²) in [5.74, 6) is 0.118. The normalized spacial score (nSPS) is 13.6. The third-order valence-electron chi connectivity index (χ3n) is 5.66. The molecule has 0 radical (unpaired) electrons. The average molecular weight is 540 g/mol. The number of anilines is 1. The van der Waals surface area contributed by atoms with E-state index in [1.54, 1.807) is 16.7 Å². The van der Waals surface area contributed by atoms with Crippen molar-refractivity contribution in [3.05, 3.63) is 44.2 Å². The molecule has 0 aliphatic heterocycles. The third kappa shape index (κ3) is 5.43. The molecule has 2 aromatic heterocycles. The van der Waals surface area contributed by atoms with Crippen molar-refractivity contribution in [3.8, 4) is 11.4 Å². The fourth-order valence-corrected chi connectivity index (χ4v) is 6.25. The van der Waals surface area contributed by atoms with Crippen molar-refractivity contribution >= 4 is 63.2 Å². The molecule has 11 heteroatoms. The first kappa shape index (κ1) is 25.0. The van der Waals surface area contributed by atoms with Crippen LogP contribution in [0.3, 0.4) is 0 Å². The summed E-state index contributed by atoms with van der Waals surface area (Å²) in [6.07, 6.45) is 6.21. The van der Waals surface area contributed by atoms with Gasteiger partial charge in [0, 0.05) is 17.5 Å². The van der Waals surface area contributed by atoms with Crippen LogP contribution in [0, 0.1) is 0 Å². The molecule has 180 valence electrons. The second-order valence-electron chi connectivity index (χ2n) is 7.94. The molecule has 1 N–H and O–H groups in total. The summed E-state index contributed by atoms with van der Waals surface area (Å²) in [4.78, 5) is 26.5. The van der Waals surface area contributed by atoms with Gasteiger partial charge in [-0.1, -0.05) is 47.8 Å². The van der Waals surface area contributed by atoms with Crippen LogP contribution < -0.4 is 5.32 Å². The largest absolute Gasteiger partial charge is 0.465 e. The minimum absolute atomic E-state index is 0.122. The number of amides is 1. The molecule has 1 amide bonds. The van der Waals surface area contributed by atoms with E-state index >= 15 is 0 Å². The highest BCUT2D eigenvalue weighted by atomic mass is 35.5. The molecule has 1 aliphatic carbocycles. The number of hydrogen-bond donors (Lipinski definition) is 1. The second kappa shape index (κ2) is 11.1. The molecule has 0 fully saturated rings. The molecule has 0 saturated heterocycles. The lowest BCUT2D eigenvalue weighted by molar-refractivity contribution is -0.113. The van der Waals surface area contributed by atoms with Crippen molar-refractivity contribution < 1.29 is 14.3 Å². The number of thioether (sulfide) groups is 1. The first-order chi connectivity index (χ1) is 16.4. The molecule has 0 unspecified atom stereocenters. The number of halogens is 2. The number of ether oxygens (including phenoxy) is 1. The predicted octanol–water partition coefficient (Wildman–Crippen LogP) is 6.03. The van der Waals surface area contributed by atoms with Crippen LogP contribution >= 0.6 is 46.3 Å². The molecule has 3 aromatic rings. The average Bonchev–Trinajstić information content (AvgIpc) is 3.33. The molecule has 34 heavy (non-hydrogen) atoms. The molecule has 1 aromatic carbocycles. The van der Waals surface area contributed by atoms with Gasteiger partial charge in [-0.25, -0.2) is 4.79 Å². The van der Waals surface area contributed by atoms with Crippen LogP contribution in [0.25, 0.3) is 11.4 Å². The van der Waals surface area contributed by atoms with Gasteiger partial charge in [-0.05, 0) is 49.4 Å². The highest BCUT2D eigenvalue weighted by molar-refractivity contribution is 7.99. The van der Waals surface area contributed by atoms with Crippen molar-refractivity contribution in [2.75, 3.05) is 18.2 Å². The summed E-state index contributed by atoms with van der Waals surface area (Å²) in [7, 11) is 3.20. The number of benzene rings is 1. The molecule has 0 spiro atoms. The van der Waals surface area contributed by atoms with Gasteiger partial charge in [0.15, 0.2) is 11.0 Å². The Morgan fingerprint density at radius 1 is 1.15 bits per heavy atom. The van der Waals surface area contributed by atoms with E-state index in [0.29, 0.717) is 31.6 Å². The van der Waals surface area contributed by atoms with E-state index in [4.69, 9.17) is 27.9 Å². The van der Waals surface area contributed by atoms with Crippen molar-refractivity contribution in [1.82, 2.24) is 14.8 Å². The molecule has 0 atom stereocenters. The molecule has 7 nitrogen and oxygen atoms in total. The van der Waals surface area contributed by atoms with E-state index in [1.165, 1.54) is 41.5 Å². The molecule has 2 heterocycles. The standard InChI is InChI=1S/C23H24Cl2N4O3S2/c1-29-20(13-9-10-15(24)16(25)11-13)27-28-23(29)33-12-18(30)26-21-19(22(31)32-2)14-7-5-3-4-6-8-17(14)34-21/h9-11H,3-8,12H2,1-2H3,(H,26,30). The van der Waals surface area contributed by atoms with Gasteiger partial charge in [0.2, 0.25) is 5.91 Å². The zero-order chi connectivity index (χ0) is 24.2. The number of methoxy groups -OCH3 is 1. The first-order valence-electron chi connectivity index (χ1n) is 10.9. The molecular formula is C23H24Cl2N4O3S2. The van der Waals surface area contributed by atoms with Crippen LogP contribution in [-0.4, -0.2) is 39.5 Å². The predicted molar refractivity (Wildman–Crippen MR) is 137 cm³/mol. The topological polar surface area (TPSA) is 86.1 Å². The van der Waals surface area contributed by atoms with Crippen LogP contribution in [0.2, 0.25) is 10.0 Å². The Labute approximate surface area is 216 Å². The van der Waals surface area contributed by atoms with E-state index in [0.717, 1.165) is 43.2 Å². The van der Waals surface area contributed by atoms with Gasteiger partial charge in [-0.15, -0.1) is 21.5 Å². The fourth-order valence-electron chi connectivity index (χ4n) is 3.95. The maximum absolute atomic E-state index is 12.8. The number of thiophene rings is 1. The number of carbonyl (C=O) groups is 2. The SMILES string of the molecule is COC(=O)c1c(NC(=O)CSc2nnc(-c3ccc(Cl)c(Cl)c3)n2C)sc2c1CCCCCC2. The van der Waals surface area contributed by atoms with Gasteiger partial charge in [0.1, 0.15) is 5.00 Å². The van der Waals surface area contributed by atoms with Crippen molar-refractivity contribution in [2.24, 2.45) is 7.05 Å². The quantitative estimate of drug-likeness (QED) is 0.304. The van der Waals surface area contributed by atoms with Gasteiger partial charge in [-0.2, -0.15) is 0 Å². The van der Waals surface area contributed by atoms with Gasteiger partial charge < -0.3 is 14.6 Å². The minimum Gasteiger partial charge on any atom is -0.465 e. The lowest BCUT2D eigenvalue weighted by atomic mass is 9.96. The number of carbonyl (C=O) groups excluding carboxylic acids is 2. The summed E-state index contributed by atoms with van der Waals surface area (Å²) in [5, 5.41) is 13.4. The van der Waals surface area contributed by atoms with Crippen molar-refractivity contribution in [1.29, 1.82) is 0 Å². The smallest absolute Gasteiger partial charge is 0.341 e. The monoisotopic (exact) mass is 538 g/mol. The lowest BCUT2D eigenvalue weighted by Gasteiger charge is -2.11. The fraction of sp³-hybridized carbons (Fsp3) is 0.391. The number of nitrogens with zero attached hydrogens (tertiary/aromatic N) is 3. The maximum atomic E-state index is 12.8. The zero-order valence-electron chi connectivity index (χ0n) is 18.8. The highest BCUT2D eigenvalue weighted by Crippen LogP contribution is 2.38. The molecule has 0 saturated carbocycles. The Morgan fingerprint density at radius 2 is 1.91 bits per heavy atom. The Kier molecular flexibility index (Phi) is 8.18. The van der Waals surface area contributed by atoms with E-state index in [-0.39, 0.29) is 11.7 Å². The number of nitrogens with one attached hydrogen (secondary N) is 1. The summed E-state index contributed by atoms with van der Waals surface area (Å²) < 4.78 is 6.83. The maximum Gasteiger partial charge on any atom is 0.341 e. The molecule has 4 rings (SSSR count). The zero-order valence-corrected chi connectivity index (χ0v) is 22.0. The van der Waals surface area contributed by atoms with Crippen LogP contribution in [0.5, 0.6) is 0 Å². The van der Waals surface area contributed by atoms with Gasteiger partial charge in [0.25, 0.3) is 0 Å². The van der Waals surface area contributed by atoms with Crippen LogP contribution in [0.4, 0.5) is 5.00 Å². The number of hydrogen-bond acceptors (Lipinski definition) is 7. The number of esters is 1. The number of aryl methyl sites for hydroxylation is 1. The van der Waals surface area contributed by atoms with Gasteiger partial charge >= 0.3 is 5.97 Å². The van der Waals surface area contributed by atoms with Gasteiger partial charge in [0.05, 0.1) is 28.5 Å². The minimum atomic E-state index is -0.402. The summed E-state index contributed by atoms with van der Waals surface area (Å²) >= 11 is 14.9. The molecular weight excluding hydrogens is 515 g/mol. The van der Waals surface area contributed by atoms with Crippen LogP contribution in [-0.2, 0) is 29.4 Å². The van der Waals surface area contributed by atoms with Crippen molar-refractivity contribution in [3.63, 3.8) is 0 Å². The number of fused-ring (bicyclic) bond motifs is 1. The van der Waals surface area contributed by atoms with E-state index in [1.807, 2.05) is 13.1 Å². The van der Waals surface area contributed by atoms with Gasteiger partial charge in [-0.3, -0.25) is 4.79 Å². The Hall–Kier alpha value is -2.07. The Bertz CT molecular complexity index is 1230.